The summed E-state index contributed by atoms with van der Waals surface area (Å²) in [5, 5.41) is -0.264. The van der Waals surface area contributed by atoms with Gasteiger partial charge >= 0.3 is 0 Å². The Morgan fingerprint density at radius 2 is 2.00 bits per heavy atom. The summed E-state index contributed by atoms with van der Waals surface area (Å²) in [6.07, 6.45) is 2.09. The predicted octanol–water partition coefficient (Wildman–Crippen LogP) is 4.08. The van der Waals surface area contributed by atoms with E-state index in [1.165, 1.54) is 11.1 Å². The van der Waals surface area contributed by atoms with Crippen LogP contribution in [0.25, 0.3) is 0 Å². The van der Waals surface area contributed by atoms with Gasteiger partial charge in [0.05, 0.1) is 7.11 Å². The number of rotatable bonds is 5. The van der Waals surface area contributed by atoms with Crippen LogP contribution in [0.5, 0.6) is 5.75 Å². The summed E-state index contributed by atoms with van der Waals surface area (Å²) in [6.45, 7) is 6.49. The van der Waals surface area contributed by atoms with E-state index >= 15 is 0 Å². The number of carbonyl (C=O) groups excluding carboxylic acids is 1. The number of benzene rings is 1. The molecular weight excluding hydrogens is 248 g/mol. The minimum atomic E-state index is -0.264. The third kappa shape index (κ3) is 4.34. The number of methoxy groups -OCH3 is 1. The first kappa shape index (κ1) is 15.0. The smallest absolute Gasteiger partial charge is 0.221 e. The summed E-state index contributed by atoms with van der Waals surface area (Å²) >= 11 is 5.34. The zero-order valence-electron chi connectivity index (χ0n) is 11.5. The maximum Gasteiger partial charge on any atom is 0.221 e. The van der Waals surface area contributed by atoms with Crippen LogP contribution in [-0.2, 0) is 16.6 Å². The lowest BCUT2D eigenvalue weighted by atomic mass is 9.85. The fraction of sp³-hybridized carbons (Fsp3) is 0.533. The van der Waals surface area contributed by atoms with Crippen LogP contribution in [0.4, 0.5) is 0 Å². The Labute approximate surface area is 114 Å². The predicted molar refractivity (Wildman–Crippen MR) is 75.5 cm³/mol. The molecular formula is C15H21ClO2. The van der Waals surface area contributed by atoms with Gasteiger partial charge in [-0.05, 0) is 47.1 Å². The molecule has 0 unspecified atom stereocenters. The molecule has 0 aliphatic carbocycles. The van der Waals surface area contributed by atoms with Crippen molar-refractivity contribution < 1.29 is 9.53 Å². The molecule has 0 radical (unpaired) electrons. The lowest BCUT2D eigenvalue weighted by molar-refractivity contribution is -0.111. The normalized spacial score (nSPS) is 11.4. The standard InChI is InChI=1S/C15H21ClO2/c1-15(2,3)12-10-11(6-5-7-14(16)17)8-9-13(12)18-4/h8-10H,5-7H2,1-4H3. The summed E-state index contributed by atoms with van der Waals surface area (Å²) in [6, 6.07) is 6.21. The fourth-order valence-corrected chi connectivity index (χ4v) is 2.06. The van der Waals surface area contributed by atoms with Crippen LogP contribution in [0.15, 0.2) is 18.2 Å². The van der Waals surface area contributed by atoms with Crippen LogP contribution in [0.3, 0.4) is 0 Å². The van der Waals surface area contributed by atoms with Crippen LogP contribution in [0.1, 0.15) is 44.7 Å². The largest absolute Gasteiger partial charge is 0.496 e. The lowest BCUT2D eigenvalue weighted by Crippen LogP contribution is -2.13. The molecule has 2 nitrogen and oxygen atoms in total. The molecule has 0 saturated heterocycles. The molecule has 0 heterocycles. The van der Waals surface area contributed by atoms with Crippen molar-refractivity contribution in [1.29, 1.82) is 0 Å². The van der Waals surface area contributed by atoms with Crippen molar-refractivity contribution in [3.8, 4) is 5.75 Å². The zero-order valence-corrected chi connectivity index (χ0v) is 12.3. The Hall–Kier alpha value is -1.02. The summed E-state index contributed by atoms with van der Waals surface area (Å²) in [5.74, 6) is 0.916. The number of hydrogen-bond acceptors (Lipinski definition) is 2. The molecule has 0 spiro atoms. The second kappa shape index (κ2) is 6.24. The van der Waals surface area contributed by atoms with Crippen molar-refractivity contribution >= 4 is 16.8 Å². The Bertz CT molecular complexity index is 419. The molecule has 18 heavy (non-hydrogen) atoms. The minimum Gasteiger partial charge on any atom is -0.496 e. The molecule has 0 saturated carbocycles. The van der Waals surface area contributed by atoms with Gasteiger partial charge in [-0.1, -0.05) is 32.9 Å². The van der Waals surface area contributed by atoms with E-state index in [1.54, 1.807) is 7.11 Å². The van der Waals surface area contributed by atoms with Crippen LogP contribution >= 0.6 is 11.6 Å². The molecule has 0 N–H and O–H groups in total. The quantitative estimate of drug-likeness (QED) is 0.752. The van der Waals surface area contributed by atoms with E-state index < -0.39 is 0 Å². The third-order valence-electron chi connectivity index (χ3n) is 2.91. The molecule has 1 aromatic carbocycles. The number of hydrogen-bond donors (Lipinski definition) is 0. The number of ether oxygens (including phenoxy) is 1. The van der Waals surface area contributed by atoms with E-state index in [2.05, 4.69) is 26.8 Å². The molecule has 0 aliphatic rings. The molecule has 0 aliphatic heterocycles. The van der Waals surface area contributed by atoms with Gasteiger partial charge in [0.15, 0.2) is 0 Å². The highest BCUT2D eigenvalue weighted by Crippen LogP contribution is 2.32. The molecule has 0 aromatic heterocycles. The molecule has 0 bridgehead atoms. The van der Waals surface area contributed by atoms with E-state index in [-0.39, 0.29) is 10.7 Å². The van der Waals surface area contributed by atoms with Gasteiger partial charge in [-0.3, -0.25) is 4.79 Å². The summed E-state index contributed by atoms with van der Waals surface area (Å²) in [5.41, 5.74) is 2.46. The third-order valence-corrected chi connectivity index (χ3v) is 3.10. The molecule has 0 fully saturated rings. The van der Waals surface area contributed by atoms with Gasteiger partial charge in [0.25, 0.3) is 0 Å². The van der Waals surface area contributed by atoms with Crippen LogP contribution in [0.2, 0.25) is 0 Å². The van der Waals surface area contributed by atoms with E-state index in [1.807, 2.05) is 12.1 Å². The van der Waals surface area contributed by atoms with E-state index in [9.17, 15) is 4.79 Å². The maximum atomic E-state index is 10.7. The van der Waals surface area contributed by atoms with Crippen molar-refractivity contribution in [1.82, 2.24) is 0 Å². The first-order valence-corrected chi connectivity index (χ1v) is 6.58. The monoisotopic (exact) mass is 268 g/mol. The topological polar surface area (TPSA) is 26.3 Å². The van der Waals surface area contributed by atoms with Gasteiger partial charge in [-0.2, -0.15) is 0 Å². The van der Waals surface area contributed by atoms with Gasteiger partial charge in [-0.15, -0.1) is 0 Å². The summed E-state index contributed by atoms with van der Waals surface area (Å²) in [7, 11) is 1.69. The van der Waals surface area contributed by atoms with Gasteiger partial charge in [-0.25, -0.2) is 0 Å². The molecule has 0 amide bonds. The molecule has 1 aromatic rings. The Balaban J connectivity index is 2.86. The van der Waals surface area contributed by atoms with Gasteiger partial charge in [0.2, 0.25) is 5.24 Å². The van der Waals surface area contributed by atoms with Crippen molar-refractivity contribution in [2.75, 3.05) is 7.11 Å². The number of aryl methyl sites for hydroxylation is 1. The first-order valence-electron chi connectivity index (χ1n) is 6.20. The Morgan fingerprint density at radius 1 is 1.33 bits per heavy atom. The molecule has 100 valence electrons. The molecule has 3 heteroatoms. The van der Waals surface area contributed by atoms with E-state index in [4.69, 9.17) is 16.3 Å². The van der Waals surface area contributed by atoms with Gasteiger partial charge in [0, 0.05) is 6.42 Å². The highest BCUT2D eigenvalue weighted by atomic mass is 35.5. The second-order valence-electron chi connectivity index (χ2n) is 5.49. The van der Waals surface area contributed by atoms with Crippen molar-refractivity contribution in [3.63, 3.8) is 0 Å². The lowest BCUT2D eigenvalue weighted by Gasteiger charge is -2.23. The number of carbonyl (C=O) groups is 1. The van der Waals surface area contributed by atoms with Crippen molar-refractivity contribution in [3.05, 3.63) is 29.3 Å². The van der Waals surface area contributed by atoms with Crippen LogP contribution in [0, 0.1) is 0 Å². The van der Waals surface area contributed by atoms with E-state index in [0.29, 0.717) is 6.42 Å². The highest BCUT2D eigenvalue weighted by molar-refractivity contribution is 6.63. The van der Waals surface area contributed by atoms with Crippen LogP contribution in [-0.4, -0.2) is 12.4 Å². The first-order chi connectivity index (χ1) is 8.34. The zero-order chi connectivity index (χ0) is 13.8. The minimum absolute atomic E-state index is 0.0453. The van der Waals surface area contributed by atoms with Crippen LogP contribution < -0.4 is 4.74 Å². The fourth-order valence-electron chi connectivity index (χ4n) is 1.93. The average molecular weight is 269 g/mol. The van der Waals surface area contributed by atoms with Crippen molar-refractivity contribution in [2.45, 2.75) is 45.4 Å². The Kier molecular flexibility index (Phi) is 5.21. The summed E-state index contributed by atoms with van der Waals surface area (Å²) in [4.78, 5) is 10.7. The number of halogens is 1. The average Bonchev–Trinajstić information content (AvgIpc) is 2.27. The van der Waals surface area contributed by atoms with E-state index in [0.717, 1.165) is 18.6 Å². The Morgan fingerprint density at radius 3 is 2.50 bits per heavy atom. The molecule has 1 rings (SSSR count). The van der Waals surface area contributed by atoms with Crippen molar-refractivity contribution in [2.24, 2.45) is 0 Å². The molecule has 0 atom stereocenters. The maximum absolute atomic E-state index is 10.7. The van der Waals surface area contributed by atoms with Gasteiger partial charge in [0.1, 0.15) is 5.75 Å². The second-order valence-corrected chi connectivity index (χ2v) is 5.91. The summed E-state index contributed by atoms with van der Waals surface area (Å²) < 4.78 is 5.39. The van der Waals surface area contributed by atoms with Gasteiger partial charge < -0.3 is 4.74 Å². The highest BCUT2D eigenvalue weighted by Gasteiger charge is 2.19. The SMILES string of the molecule is COc1ccc(CCCC(=O)Cl)cc1C(C)(C)C.